The first-order chi connectivity index (χ1) is 7.57. The number of rotatable bonds is 1. The lowest BCUT2D eigenvalue weighted by atomic mass is 10.4. The zero-order valence-corrected chi connectivity index (χ0v) is 9.18. The van der Waals surface area contributed by atoms with Crippen molar-refractivity contribution < 1.29 is 13.2 Å². The molecule has 0 aliphatic carbocycles. The summed E-state index contributed by atoms with van der Waals surface area (Å²) < 4.78 is 37.2. The van der Waals surface area contributed by atoms with Crippen molar-refractivity contribution >= 4 is 17.6 Å². The van der Waals surface area contributed by atoms with Crippen molar-refractivity contribution in [3.8, 4) is 0 Å². The first-order valence-electron chi connectivity index (χ1n) is 4.80. The Morgan fingerprint density at radius 3 is 2.56 bits per heavy atom. The Balaban J connectivity index is 2.21. The lowest BCUT2D eigenvalue weighted by molar-refractivity contribution is -0.144. The second-order valence-corrected chi connectivity index (χ2v) is 4.56. The average molecular weight is 249 g/mol. The summed E-state index contributed by atoms with van der Waals surface area (Å²) in [6, 6.07) is 1.52. The van der Waals surface area contributed by atoms with Gasteiger partial charge in [0, 0.05) is 30.8 Å². The standard InChI is InChI=1S/C9H10F3N3S/c10-9(11,12)8-13-2-1-7(14-8)15-3-5-16-6-4-15/h1-2H,3-6H2. The van der Waals surface area contributed by atoms with E-state index in [0.717, 1.165) is 30.8 Å². The monoisotopic (exact) mass is 249 g/mol. The summed E-state index contributed by atoms with van der Waals surface area (Å²) in [5.74, 6) is 1.14. The predicted molar refractivity (Wildman–Crippen MR) is 56.6 cm³/mol. The molecular weight excluding hydrogens is 239 g/mol. The maximum atomic E-state index is 12.4. The topological polar surface area (TPSA) is 29.0 Å². The molecule has 0 unspecified atom stereocenters. The molecule has 0 amide bonds. The first kappa shape index (κ1) is 11.5. The van der Waals surface area contributed by atoms with Crippen LogP contribution in [0.1, 0.15) is 5.82 Å². The van der Waals surface area contributed by atoms with Gasteiger partial charge in [-0.1, -0.05) is 0 Å². The minimum Gasteiger partial charge on any atom is -0.355 e. The fraction of sp³-hybridized carbons (Fsp3) is 0.556. The molecule has 1 aliphatic rings. The molecule has 0 atom stereocenters. The zero-order chi connectivity index (χ0) is 11.6. The Morgan fingerprint density at radius 1 is 1.25 bits per heavy atom. The highest BCUT2D eigenvalue weighted by Gasteiger charge is 2.35. The maximum absolute atomic E-state index is 12.4. The molecule has 1 aliphatic heterocycles. The van der Waals surface area contributed by atoms with E-state index in [-0.39, 0.29) is 0 Å². The molecule has 0 saturated carbocycles. The smallest absolute Gasteiger partial charge is 0.355 e. The third kappa shape index (κ3) is 2.58. The predicted octanol–water partition coefficient (Wildman–Crippen LogP) is 2.05. The molecule has 0 aromatic carbocycles. The van der Waals surface area contributed by atoms with E-state index in [1.54, 1.807) is 11.8 Å². The van der Waals surface area contributed by atoms with Gasteiger partial charge >= 0.3 is 6.18 Å². The Bertz CT molecular complexity index is 363. The van der Waals surface area contributed by atoms with Gasteiger partial charge in [0.15, 0.2) is 0 Å². The number of halogens is 3. The molecule has 0 N–H and O–H groups in total. The highest BCUT2D eigenvalue weighted by Crippen LogP contribution is 2.27. The number of hydrogen-bond donors (Lipinski definition) is 0. The first-order valence-corrected chi connectivity index (χ1v) is 5.96. The number of thioether (sulfide) groups is 1. The molecule has 7 heteroatoms. The van der Waals surface area contributed by atoms with E-state index in [1.807, 2.05) is 4.90 Å². The van der Waals surface area contributed by atoms with Gasteiger partial charge in [-0.15, -0.1) is 0 Å². The molecule has 3 nitrogen and oxygen atoms in total. The second-order valence-electron chi connectivity index (χ2n) is 3.34. The summed E-state index contributed by atoms with van der Waals surface area (Å²) in [7, 11) is 0. The van der Waals surface area contributed by atoms with Gasteiger partial charge in [0.1, 0.15) is 5.82 Å². The summed E-state index contributed by atoms with van der Waals surface area (Å²) in [5, 5.41) is 0. The second kappa shape index (κ2) is 4.48. The number of anilines is 1. The van der Waals surface area contributed by atoms with Gasteiger partial charge < -0.3 is 4.90 Å². The largest absolute Gasteiger partial charge is 0.451 e. The molecule has 1 saturated heterocycles. The van der Waals surface area contributed by atoms with E-state index < -0.39 is 12.0 Å². The van der Waals surface area contributed by atoms with Crippen LogP contribution in [0, 0.1) is 0 Å². The third-order valence-corrected chi connectivity index (χ3v) is 3.17. The Hall–Kier alpha value is -0.980. The Morgan fingerprint density at radius 2 is 1.94 bits per heavy atom. The molecule has 2 rings (SSSR count). The molecule has 0 bridgehead atoms. The van der Waals surface area contributed by atoms with Crippen molar-refractivity contribution in [2.75, 3.05) is 29.5 Å². The fourth-order valence-electron chi connectivity index (χ4n) is 1.45. The zero-order valence-electron chi connectivity index (χ0n) is 8.37. The SMILES string of the molecule is FC(F)(F)c1nccc(N2CCSCC2)n1. The number of hydrogen-bond acceptors (Lipinski definition) is 4. The molecular formula is C9H10F3N3S. The van der Waals surface area contributed by atoms with Crippen molar-refractivity contribution in [2.24, 2.45) is 0 Å². The molecule has 1 aromatic heterocycles. The molecule has 1 aromatic rings. The minimum absolute atomic E-state index is 0.364. The van der Waals surface area contributed by atoms with Crippen molar-refractivity contribution in [1.29, 1.82) is 0 Å². The van der Waals surface area contributed by atoms with Crippen LogP contribution in [0.4, 0.5) is 19.0 Å². The average Bonchev–Trinajstić information content (AvgIpc) is 2.29. The van der Waals surface area contributed by atoms with E-state index in [1.165, 1.54) is 6.07 Å². The van der Waals surface area contributed by atoms with Crippen molar-refractivity contribution in [3.05, 3.63) is 18.1 Å². The number of nitrogens with zero attached hydrogens (tertiary/aromatic N) is 3. The van der Waals surface area contributed by atoms with Crippen LogP contribution in [-0.2, 0) is 6.18 Å². The van der Waals surface area contributed by atoms with Crippen LogP contribution >= 0.6 is 11.8 Å². The highest BCUT2D eigenvalue weighted by molar-refractivity contribution is 7.99. The van der Waals surface area contributed by atoms with Crippen LogP contribution in [0.3, 0.4) is 0 Å². The fourth-order valence-corrected chi connectivity index (χ4v) is 2.36. The molecule has 88 valence electrons. The van der Waals surface area contributed by atoms with E-state index in [0.29, 0.717) is 5.82 Å². The van der Waals surface area contributed by atoms with Crippen LogP contribution in [0.5, 0.6) is 0 Å². The molecule has 2 heterocycles. The van der Waals surface area contributed by atoms with Crippen LogP contribution in [0.25, 0.3) is 0 Å². The Kier molecular flexibility index (Phi) is 3.22. The minimum atomic E-state index is -4.47. The van der Waals surface area contributed by atoms with Gasteiger partial charge in [-0.05, 0) is 6.07 Å². The summed E-state index contributed by atoms with van der Waals surface area (Å²) in [6.07, 6.45) is -3.31. The number of alkyl halides is 3. The molecule has 16 heavy (non-hydrogen) atoms. The van der Waals surface area contributed by atoms with Gasteiger partial charge in [0.25, 0.3) is 0 Å². The quantitative estimate of drug-likeness (QED) is 0.761. The lowest BCUT2D eigenvalue weighted by Crippen LogP contribution is -2.33. The third-order valence-electron chi connectivity index (χ3n) is 2.23. The Labute approximate surface area is 95.1 Å². The highest BCUT2D eigenvalue weighted by atomic mass is 32.2. The summed E-state index contributed by atoms with van der Waals surface area (Å²) in [6.45, 7) is 1.47. The lowest BCUT2D eigenvalue weighted by Gasteiger charge is -2.27. The normalized spacial score (nSPS) is 17.6. The summed E-state index contributed by atoms with van der Waals surface area (Å²) >= 11 is 1.80. The van der Waals surface area contributed by atoms with E-state index in [9.17, 15) is 13.2 Å². The summed E-state index contributed by atoms with van der Waals surface area (Å²) in [5.41, 5.74) is 0. The van der Waals surface area contributed by atoms with Gasteiger partial charge in [-0.3, -0.25) is 0 Å². The van der Waals surface area contributed by atoms with Crippen molar-refractivity contribution in [2.45, 2.75) is 6.18 Å². The van der Waals surface area contributed by atoms with Crippen LogP contribution in [-0.4, -0.2) is 34.6 Å². The number of aromatic nitrogens is 2. The molecule has 1 fully saturated rings. The van der Waals surface area contributed by atoms with Gasteiger partial charge in [-0.2, -0.15) is 24.9 Å². The van der Waals surface area contributed by atoms with Crippen molar-refractivity contribution in [1.82, 2.24) is 9.97 Å². The van der Waals surface area contributed by atoms with Gasteiger partial charge in [0.05, 0.1) is 0 Å². The molecule has 0 radical (unpaired) electrons. The van der Waals surface area contributed by atoms with Crippen LogP contribution in [0.15, 0.2) is 12.3 Å². The maximum Gasteiger partial charge on any atom is 0.451 e. The molecule has 0 spiro atoms. The van der Waals surface area contributed by atoms with E-state index >= 15 is 0 Å². The van der Waals surface area contributed by atoms with E-state index in [4.69, 9.17) is 0 Å². The van der Waals surface area contributed by atoms with Gasteiger partial charge in [-0.25, -0.2) is 9.97 Å². The van der Waals surface area contributed by atoms with E-state index in [2.05, 4.69) is 9.97 Å². The van der Waals surface area contributed by atoms with Crippen LogP contribution in [0.2, 0.25) is 0 Å². The van der Waals surface area contributed by atoms with Crippen molar-refractivity contribution in [3.63, 3.8) is 0 Å². The summed E-state index contributed by atoms with van der Waals surface area (Å²) in [4.78, 5) is 8.64. The van der Waals surface area contributed by atoms with Gasteiger partial charge in [0.2, 0.25) is 5.82 Å². The van der Waals surface area contributed by atoms with Crippen LogP contribution < -0.4 is 4.90 Å².